The molecule has 3 aliphatic heterocycles. The number of benzene rings is 2. The number of carbonyl (C=O) groups is 1. The van der Waals surface area contributed by atoms with E-state index in [9.17, 15) is 21.6 Å². The smallest absolute Gasteiger partial charge is 0.256 e. The van der Waals surface area contributed by atoms with Gasteiger partial charge in [0.1, 0.15) is 4.90 Å². The molecule has 0 aromatic heterocycles. The molecule has 3 heterocycles. The number of nitrogens with zero attached hydrogens (tertiary/aromatic N) is 2. The lowest BCUT2D eigenvalue weighted by Crippen LogP contribution is -2.30. The zero-order valence-corrected chi connectivity index (χ0v) is 17.4. The Bertz CT molecular complexity index is 1240. The average molecular weight is 436 g/mol. The fraction of sp³-hybridized carbons (Fsp3) is 0.421. The predicted molar refractivity (Wildman–Crippen MR) is 108 cm³/mol. The molecular formula is C19H21N3O5S2. The maximum atomic E-state index is 13.4. The second-order valence-electron chi connectivity index (χ2n) is 7.65. The second-order valence-corrected chi connectivity index (χ2v) is 11.5. The molecule has 3 aliphatic rings. The van der Waals surface area contributed by atoms with Crippen molar-refractivity contribution >= 4 is 42.4 Å². The lowest BCUT2D eigenvalue weighted by molar-refractivity contribution is 0.103. The van der Waals surface area contributed by atoms with Crippen molar-refractivity contribution in [1.82, 2.24) is 8.61 Å². The summed E-state index contributed by atoms with van der Waals surface area (Å²) in [5, 5.41) is 3.41. The van der Waals surface area contributed by atoms with Crippen LogP contribution in [-0.2, 0) is 20.0 Å². The highest BCUT2D eigenvalue weighted by Gasteiger charge is 2.38. The van der Waals surface area contributed by atoms with Gasteiger partial charge in [-0.15, -0.1) is 0 Å². The van der Waals surface area contributed by atoms with Gasteiger partial charge in [0.2, 0.25) is 20.0 Å². The Morgan fingerprint density at radius 2 is 1.34 bits per heavy atom. The van der Waals surface area contributed by atoms with Gasteiger partial charge in [-0.3, -0.25) is 4.79 Å². The standard InChI is InChI=1S/C19H21N3O5S2/c23-19-14-7-5-6-13-15(28(24,25)21-8-1-2-9-21)12-16(18(20-19)17(13)14)29(26,27)22-10-3-4-11-22/h5-7,12H,1-4,8-11H2,(H,20,23). The third-order valence-electron chi connectivity index (χ3n) is 5.94. The highest BCUT2D eigenvalue weighted by atomic mass is 32.2. The lowest BCUT2D eigenvalue weighted by atomic mass is 10.1. The van der Waals surface area contributed by atoms with Crippen LogP contribution in [0, 0.1) is 0 Å². The average Bonchev–Trinajstić information content (AvgIpc) is 3.45. The van der Waals surface area contributed by atoms with Crippen molar-refractivity contribution in [2.75, 3.05) is 31.5 Å². The van der Waals surface area contributed by atoms with Gasteiger partial charge < -0.3 is 5.32 Å². The quantitative estimate of drug-likeness (QED) is 0.791. The topological polar surface area (TPSA) is 104 Å². The number of amides is 1. The molecule has 29 heavy (non-hydrogen) atoms. The maximum absolute atomic E-state index is 13.4. The van der Waals surface area contributed by atoms with E-state index in [0.717, 1.165) is 25.7 Å². The van der Waals surface area contributed by atoms with E-state index in [1.807, 2.05) is 0 Å². The summed E-state index contributed by atoms with van der Waals surface area (Å²) in [5.74, 6) is -0.417. The number of carbonyl (C=O) groups excluding carboxylic acids is 1. The molecule has 2 aromatic rings. The molecule has 8 nitrogen and oxygen atoms in total. The highest BCUT2D eigenvalue weighted by molar-refractivity contribution is 7.90. The van der Waals surface area contributed by atoms with Crippen molar-refractivity contribution in [3.63, 3.8) is 0 Å². The molecule has 154 valence electrons. The van der Waals surface area contributed by atoms with E-state index < -0.39 is 26.0 Å². The summed E-state index contributed by atoms with van der Waals surface area (Å²) in [6.07, 6.45) is 3.08. The molecule has 1 amide bonds. The summed E-state index contributed by atoms with van der Waals surface area (Å²) in [5.41, 5.74) is 0.488. The molecule has 0 radical (unpaired) electrons. The Balaban J connectivity index is 1.83. The van der Waals surface area contributed by atoms with Crippen LogP contribution in [0.4, 0.5) is 5.69 Å². The van der Waals surface area contributed by atoms with E-state index >= 15 is 0 Å². The molecule has 2 fully saturated rings. The van der Waals surface area contributed by atoms with Crippen molar-refractivity contribution in [2.24, 2.45) is 0 Å². The fourth-order valence-corrected chi connectivity index (χ4v) is 7.97. The molecule has 2 aromatic carbocycles. The summed E-state index contributed by atoms with van der Waals surface area (Å²) >= 11 is 0. The molecule has 0 aliphatic carbocycles. The van der Waals surface area contributed by atoms with E-state index in [0.29, 0.717) is 42.5 Å². The number of nitrogens with one attached hydrogen (secondary N) is 1. The first-order valence-electron chi connectivity index (χ1n) is 9.73. The minimum atomic E-state index is -3.93. The predicted octanol–water partition coefficient (Wildman–Crippen LogP) is 1.97. The van der Waals surface area contributed by atoms with Crippen LogP contribution in [0.15, 0.2) is 34.1 Å². The second kappa shape index (κ2) is 6.49. The molecule has 0 atom stereocenters. The molecular weight excluding hydrogens is 414 g/mol. The fourth-order valence-electron chi connectivity index (χ4n) is 4.47. The van der Waals surface area contributed by atoms with Crippen LogP contribution in [0.25, 0.3) is 10.8 Å². The number of hydrogen-bond acceptors (Lipinski definition) is 5. The third-order valence-corrected chi connectivity index (χ3v) is 9.80. The van der Waals surface area contributed by atoms with Gasteiger partial charge in [0, 0.05) is 42.5 Å². The Hall–Kier alpha value is -2.01. The van der Waals surface area contributed by atoms with E-state index in [1.54, 1.807) is 18.2 Å². The van der Waals surface area contributed by atoms with Crippen LogP contribution in [0.1, 0.15) is 36.0 Å². The molecule has 0 bridgehead atoms. The Kier molecular flexibility index (Phi) is 4.25. The molecule has 0 saturated carbocycles. The van der Waals surface area contributed by atoms with Crippen LogP contribution in [0.2, 0.25) is 0 Å². The molecule has 0 unspecified atom stereocenters. The van der Waals surface area contributed by atoms with Crippen molar-refractivity contribution in [3.05, 3.63) is 29.8 Å². The molecule has 2 saturated heterocycles. The lowest BCUT2D eigenvalue weighted by Gasteiger charge is -2.21. The van der Waals surface area contributed by atoms with Gasteiger partial charge in [-0.2, -0.15) is 8.61 Å². The summed E-state index contributed by atoms with van der Waals surface area (Å²) in [7, 11) is -7.82. The van der Waals surface area contributed by atoms with Crippen LogP contribution in [0.5, 0.6) is 0 Å². The van der Waals surface area contributed by atoms with E-state index in [4.69, 9.17) is 0 Å². The zero-order valence-electron chi connectivity index (χ0n) is 15.7. The molecule has 0 spiro atoms. The van der Waals surface area contributed by atoms with Crippen molar-refractivity contribution in [1.29, 1.82) is 0 Å². The van der Waals surface area contributed by atoms with E-state index in [-0.39, 0.29) is 15.5 Å². The van der Waals surface area contributed by atoms with Gasteiger partial charge in [0.05, 0.1) is 10.6 Å². The summed E-state index contributed by atoms with van der Waals surface area (Å²) in [4.78, 5) is 12.3. The monoisotopic (exact) mass is 435 g/mol. The minimum absolute atomic E-state index is 0.0470. The summed E-state index contributed by atoms with van der Waals surface area (Å²) in [6, 6.07) is 6.10. The summed E-state index contributed by atoms with van der Waals surface area (Å²) in [6.45, 7) is 1.61. The first-order chi connectivity index (χ1) is 13.8. The first kappa shape index (κ1) is 19.0. The highest BCUT2D eigenvalue weighted by Crippen LogP contribution is 2.43. The van der Waals surface area contributed by atoms with E-state index in [1.165, 1.54) is 14.7 Å². The molecule has 1 N–H and O–H groups in total. The minimum Gasteiger partial charge on any atom is -0.320 e. The Morgan fingerprint density at radius 1 is 0.793 bits per heavy atom. The maximum Gasteiger partial charge on any atom is 0.256 e. The van der Waals surface area contributed by atoms with Crippen LogP contribution in [-0.4, -0.2) is 57.5 Å². The van der Waals surface area contributed by atoms with Gasteiger partial charge in [-0.1, -0.05) is 12.1 Å². The number of anilines is 1. The van der Waals surface area contributed by atoms with Gasteiger partial charge in [-0.25, -0.2) is 16.8 Å². The normalized spacial score (nSPS) is 20.6. The zero-order chi connectivity index (χ0) is 20.4. The van der Waals surface area contributed by atoms with Crippen LogP contribution >= 0.6 is 0 Å². The molecule has 5 rings (SSSR count). The van der Waals surface area contributed by atoms with Crippen molar-refractivity contribution in [2.45, 2.75) is 35.5 Å². The van der Waals surface area contributed by atoms with Gasteiger partial charge >= 0.3 is 0 Å². The van der Waals surface area contributed by atoms with Gasteiger partial charge in [-0.05, 0) is 37.8 Å². The Morgan fingerprint density at radius 3 is 1.93 bits per heavy atom. The summed E-state index contributed by atoms with van der Waals surface area (Å²) < 4.78 is 56.2. The largest absolute Gasteiger partial charge is 0.320 e. The SMILES string of the molecule is O=C1Nc2c(S(=O)(=O)N3CCCC3)cc(S(=O)(=O)N3CCCC3)c3cccc1c23. The number of rotatable bonds is 4. The number of hydrogen-bond donors (Lipinski definition) is 1. The third kappa shape index (κ3) is 2.73. The van der Waals surface area contributed by atoms with Crippen molar-refractivity contribution in [3.8, 4) is 0 Å². The Labute approximate surface area is 169 Å². The van der Waals surface area contributed by atoms with E-state index in [2.05, 4.69) is 5.32 Å². The van der Waals surface area contributed by atoms with Crippen LogP contribution < -0.4 is 5.32 Å². The van der Waals surface area contributed by atoms with Gasteiger partial charge in [0.25, 0.3) is 5.91 Å². The van der Waals surface area contributed by atoms with Crippen molar-refractivity contribution < 1.29 is 21.6 Å². The van der Waals surface area contributed by atoms with Gasteiger partial charge in [0.15, 0.2) is 0 Å². The van der Waals surface area contributed by atoms with Crippen LogP contribution in [0.3, 0.4) is 0 Å². The molecule has 10 heteroatoms. The first-order valence-corrected chi connectivity index (χ1v) is 12.6. The number of sulfonamides is 2.